The molecule has 3 unspecified atom stereocenters. The third kappa shape index (κ3) is 1.98. The predicted molar refractivity (Wildman–Crippen MR) is 68.4 cm³/mol. The molecule has 0 N–H and O–H groups in total. The summed E-state index contributed by atoms with van der Waals surface area (Å²) >= 11 is 12.5. The normalized spacial score (nSPS) is 30.2. The fraction of sp³-hybridized carbons (Fsp3) is 0.750. The van der Waals surface area contributed by atoms with E-state index in [2.05, 4.69) is 25.9 Å². The first-order chi connectivity index (χ1) is 7.52. The van der Waals surface area contributed by atoms with Crippen molar-refractivity contribution in [3.63, 3.8) is 0 Å². The van der Waals surface area contributed by atoms with Crippen molar-refractivity contribution >= 4 is 23.2 Å². The zero-order valence-electron chi connectivity index (χ0n) is 9.95. The van der Waals surface area contributed by atoms with Gasteiger partial charge in [-0.2, -0.15) is 5.10 Å². The van der Waals surface area contributed by atoms with E-state index in [0.29, 0.717) is 17.9 Å². The van der Waals surface area contributed by atoms with E-state index in [1.54, 1.807) is 6.20 Å². The van der Waals surface area contributed by atoms with Crippen molar-refractivity contribution in [1.29, 1.82) is 0 Å². The molecule has 2 nitrogen and oxygen atoms in total. The van der Waals surface area contributed by atoms with Crippen LogP contribution in [0.15, 0.2) is 6.20 Å². The number of rotatable bonds is 2. The molecule has 90 valence electrons. The average Bonchev–Trinajstić information content (AvgIpc) is 2.73. The van der Waals surface area contributed by atoms with Gasteiger partial charge < -0.3 is 0 Å². The highest BCUT2D eigenvalue weighted by molar-refractivity contribution is 6.31. The SMILES string of the molecule is CC1C(Cl)CCC1c1c(Cl)cnn1C(C)C. The Labute approximate surface area is 107 Å². The van der Waals surface area contributed by atoms with Gasteiger partial charge in [0.05, 0.1) is 16.9 Å². The summed E-state index contributed by atoms with van der Waals surface area (Å²) < 4.78 is 2.04. The lowest BCUT2D eigenvalue weighted by Crippen LogP contribution is -2.16. The van der Waals surface area contributed by atoms with Crippen LogP contribution in [0.3, 0.4) is 0 Å². The second-order valence-electron chi connectivity index (χ2n) is 4.98. The van der Waals surface area contributed by atoms with Crippen LogP contribution < -0.4 is 0 Å². The van der Waals surface area contributed by atoms with E-state index in [1.807, 2.05) is 4.68 Å². The number of hydrogen-bond donors (Lipinski definition) is 0. The van der Waals surface area contributed by atoms with Crippen LogP contribution in [-0.4, -0.2) is 15.2 Å². The molecule has 1 saturated carbocycles. The molecule has 1 fully saturated rings. The molecular weight excluding hydrogens is 243 g/mol. The summed E-state index contributed by atoms with van der Waals surface area (Å²) in [6.45, 7) is 6.47. The van der Waals surface area contributed by atoms with E-state index in [-0.39, 0.29) is 5.38 Å². The fourth-order valence-electron chi connectivity index (χ4n) is 2.61. The lowest BCUT2D eigenvalue weighted by molar-refractivity contribution is 0.447. The van der Waals surface area contributed by atoms with Crippen molar-refractivity contribution < 1.29 is 0 Å². The van der Waals surface area contributed by atoms with Gasteiger partial charge in [-0.05, 0) is 32.6 Å². The molecule has 0 aromatic carbocycles. The lowest BCUT2D eigenvalue weighted by atomic mass is 9.94. The first kappa shape index (κ1) is 12.3. The molecule has 0 saturated heterocycles. The summed E-state index contributed by atoms with van der Waals surface area (Å²) in [6.07, 6.45) is 3.95. The quantitative estimate of drug-likeness (QED) is 0.728. The summed E-state index contributed by atoms with van der Waals surface area (Å²) in [6, 6.07) is 0.351. The van der Waals surface area contributed by atoms with Crippen molar-refractivity contribution in [2.24, 2.45) is 5.92 Å². The van der Waals surface area contributed by atoms with Gasteiger partial charge in [0.25, 0.3) is 0 Å². The zero-order chi connectivity index (χ0) is 11.9. The Kier molecular flexibility index (Phi) is 3.50. The molecule has 4 heteroatoms. The van der Waals surface area contributed by atoms with E-state index in [1.165, 1.54) is 5.69 Å². The highest BCUT2D eigenvalue weighted by Crippen LogP contribution is 2.44. The Morgan fingerprint density at radius 2 is 2.12 bits per heavy atom. The number of nitrogens with zero attached hydrogens (tertiary/aromatic N) is 2. The van der Waals surface area contributed by atoms with Crippen LogP contribution in [-0.2, 0) is 0 Å². The van der Waals surface area contributed by atoms with Gasteiger partial charge in [-0.3, -0.25) is 4.68 Å². The van der Waals surface area contributed by atoms with Crippen LogP contribution in [0.2, 0.25) is 5.02 Å². The second kappa shape index (κ2) is 4.58. The first-order valence-electron chi connectivity index (χ1n) is 5.89. The number of alkyl halides is 1. The summed E-state index contributed by atoms with van der Waals surface area (Å²) in [4.78, 5) is 0. The topological polar surface area (TPSA) is 17.8 Å². The molecule has 0 bridgehead atoms. The summed E-state index contributed by atoms with van der Waals surface area (Å²) in [5.74, 6) is 0.938. The van der Waals surface area contributed by atoms with Gasteiger partial charge >= 0.3 is 0 Å². The van der Waals surface area contributed by atoms with E-state index in [4.69, 9.17) is 23.2 Å². The largest absolute Gasteiger partial charge is 0.265 e. The summed E-state index contributed by atoms with van der Waals surface area (Å²) in [5, 5.41) is 5.42. The Morgan fingerprint density at radius 1 is 1.44 bits per heavy atom. The van der Waals surface area contributed by atoms with E-state index >= 15 is 0 Å². The highest BCUT2D eigenvalue weighted by Gasteiger charge is 2.36. The lowest BCUT2D eigenvalue weighted by Gasteiger charge is -2.21. The third-order valence-electron chi connectivity index (χ3n) is 3.59. The highest BCUT2D eigenvalue weighted by atomic mass is 35.5. The molecule has 0 aliphatic heterocycles. The van der Waals surface area contributed by atoms with E-state index in [0.717, 1.165) is 17.9 Å². The fourth-order valence-corrected chi connectivity index (χ4v) is 3.18. The van der Waals surface area contributed by atoms with Gasteiger partial charge in [0.1, 0.15) is 0 Å². The standard InChI is InChI=1S/C12H18Cl2N2/c1-7(2)16-12(11(14)6-15-16)9-4-5-10(13)8(9)3/h6-10H,4-5H2,1-3H3. The maximum absolute atomic E-state index is 6.29. The number of hydrogen-bond acceptors (Lipinski definition) is 1. The van der Waals surface area contributed by atoms with E-state index in [9.17, 15) is 0 Å². The minimum absolute atomic E-state index is 0.275. The molecule has 1 aliphatic rings. The Bertz CT molecular complexity index is 373. The molecule has 0 radical (unpaired) electrons. The Balaban J connectivity index is 2.36. The molecule has 0 spiro atoms. The first-order valence-corrected chi connectivity index (χ1v) is 6.70. The molecule has 2 rings (SSSR count). The van der Waals surface area contributed by atoms with Crippen molar-refractivity contribution in [2.75, 3.05) is 0 Å². The maximum atomic E-state index is 6.29. The van der Waals surface area contributed by atoms with Gasteiger partial charge in [0, 0.05) is 17.3 Å². The molecular formula is C12H18Cl2N2. The Hall–Kier alpha value is -0.210. The Morgan fingerprint density at radius 3 is 2.62 bits per heavy atom. The van der Waals surface area contributed by atoms with Crippen LogP contribution in [0.4, 0.5) is 0 Å². The number of aromatic nitrogens is 2. The van der Waals surface area contributed by atoms with Crippen molar-refractivity contribution in [3.8, 4) is 0 Å². The van der Waals surface area contributed by atoms with Crippen molar-refractivity contribution in [3.05, 3.63) is 16.9 Å². The maximum Gasteiger partial charge on any atom is 0.0820 e. The predicted octanol–water partition coefficient (Wildman–Crippen LogP) is 4.24. The number of halogens is 2. The van der Waals surface area contributed by atoms with Crippen LogP contribution in [0.25, 0.3) is 0 Å². The molecule has 16 heavy (non-hydrogen) atoms. The average molecular weight is 261 g/mol. The minimum Gasteiger partial charge on any atom is -0.265 e. The molecule has 1 aromatic rings. The molecule has 1 heterocycles. The van der Waals surface area contributed by atoms with Gasteiger partial charge in [-0.15, -0.1) is 11.6 Å². The van der Waals surface area contributed by atoms with Gasteiger partial charge in [-0.25, -0.2) is 0 Å². The molecule has 1 aliphatic carbocycles. The summed E-state index contributed by atoms with van der Waals surface area (Å²) in [7, 11) is 0. The van der Waals surface area contributed by atoms with Gasteiger partial charge in [0.2, 0.25) is 0 Å². The van der Waals surface area contributed by atoms with Gasteiger partial charge in [0.15, 0.2) is 0 Å². The monoisotopic (exact) mass is 260 g/mol. The third-order valence-corrected chi connectivity index (χ3v) is 4.49. The van der Waals surface area contributed by atoms with Crippen LogP contribution in [0.5, 0.6) is 0 Å². The van der Waals surface area contributed by atoms with Crippen LogP contribution in [0.1, 0.15) is 51.3 Å². The van der Waals surface area contributed by atoms with Crippen molar-refractivity contribution in [2.45, 2.75) is 50.9 Å². The summed E-state index contributed by atoms with van der Waals surface area (Å²) in [5.41, 5.74) is 1.17. The second-order valence-corrected chi connectivity index (χ2v) is 5.94. The minimum atomic E-state index is 0.275. The van der Waals surface area contributed by atoms with Crippen LogP contribution >= 0.6 is 23.2 Å². The zero-order valence-corrected chi connectivity index (χ0v) is 11.5. The van der Waals surface area contributed by atoms with Crippen LogP contribution in [0, 0.1) is 5.92 Å². The van der Waals surface area contributed by atoms with E-state index < -0.39 is 0 Å². The smallest absolute Gasteiger partial charge is 0.0820 e. The van der Waals surface area contributed by atoms with Crippen molar-refractivity contribution in [1.82, 2.24) is 9.78 Å². The molecule has 0 amide bonds. The van der Waals surface area contributed by atoms with Gasteiger partial charge in [-0.1, -0.05) is 18.5 Å². The molecule has 3 atom stereocenters. The molecule has 1 aromatic heterocycles.